The van der Waals surface area contributed by atoms with E-state index >= 15 is 0 Å². The molecule has 1 aromatic carbocycles. The Balaban J connectivity index is 2.03. The Kier molecular flexibility index (Phi) is 4.68. The molecule has 1 fully saturated rings. The van der Waals surface area contributed by atoms with Crippen molar-refractivity contribution in [2.75, 3.05) is 6.54 Å². The highest BCUT2D eigenvalue weighted by molar-refractivity contribution is 9.11. The predicted molar refractivity (Wildman–Crippen MR) is 91.9 cm³/mol. The third-order valence-electron chi connectivity index (χ3n) is 3.77. The monoisotopic (exact) mass is 444 g/mol. The Hall–Kier alpha value is -0.760. The first kappa shape index (κ1) is 16.1. The van der Waals surface area contributed by atoms with Crippen LogP contribution in [0, 0.1) is 0 Å². The Morgan fingerprint density at radius 2 is 1.86 bits per heavy atom. The Bertz CT molecular complexity index is 781. The quantitative estimate of drug-likeness (QED) is 0.713. The van der Waals surface area contributed by atoms with Crippen molar-refractivity contribution in [3.05, 3.63) is 57.2 Å². The van der Waals surface area contributed by atoms with Crippen LogP contribution in [-0.4, -0.2) is 24.3 Å². The fourth-order valence-corrected chi connectivity index (χ4v) is 5.90. The van der Waals surface area contributed by atoms with Crippen LogP contribution in [0.2, 0.25) is 0 Å². The lowest BCUT2D eigenvalue weighted by Gasteiger charge is -2.25. The molecule has 0 bridgehead atoms. The minimum absolute atomic E-state index is 0.126. The molecule has 7 heteroatoms. The van der Waals surface area contributed by atoms with Crippen molar-refractivity contribution in [2.24, 2.45) is 0 Å². The maximum absolute atomic E-state index is 13.1. The fraction of sp³-hybridized carbons (Fsp3) is 0.267. The van der Waals surface area contributed by atoms with Gasteiger partial charge in [-0.05, 0) is 64.7 Å². The van der Waals surface area contributed by atoms with E-state index in [-0.39, 0.29) is 6.04 Å². The van der Waals surface area contributed by atoms with Gasteiger partial charge in [0.05, 0.1) is 10.9 Å². The summed E-state index contributed by atoms with van der Waals surface area (Å²) in [6, 6.07) is 8.84. The van der Waals surface area contributed by atoms with Gasteiger partial charge >= 0.3 is 0 Å². The lowest BCUT2D eigenvalue weighted by atomic mass is 10.1. The first-order chi connectivity index (χ1) is 10.5. The van der Waals surface area contributed by atoms with Gasteiger partial charge in [0.1, 0.15) is 0 Å². The van der Waals surface area contributed by atoms with Crippen LogP contribution in [0.1, 0.15) is 24.4 Å². The summed E-state index contributed by atoms with van der Waals surface area (Å²) >= 11 is 6.70. The molecule has 22 heavy (non-hydrogen) atoms. The summed E-state index contributed by atoms with van der Waals surface area (Å²) in [4.78, 5) is 4.30. The number of rotatable bonds is 3. The smallest absolute Gasteiger partial charge is 0.244 e. The van der Waals surface area contributed by atoms with Crippen molar-refractivity contribution in [2.45, 2.75) is 23.8 Å². The average molecular weight is 446 g/mol. The van der Waals surface area contributed by atoms with E-state index in [4.69, 9.17) is 0 Å². The molecule has 0 spiro atoms. The highest BCUT2D eigenvalue weighted by atomic mass is 79.9. The van der Waals surface area contributed by atoms with Crippen molar-refractivity contribution in [3.8, 4) is 0 Å². The normalized spacial score (nSPS) is 19.5. The van der Waals surface area contributed by atoms with Gasteiger partial charge in [-0.25, -0.2) is 8.42 Å². The third-order valence-corrected chi connectivity index (χ3v) is 7.17. The van der Waals surface area contributed by atoms with Gasteiger partial charge in [0.15, 0.2) is 0 Å². The van der Waals surface area contributed by atoms with E-state index in [1.807, 2.05) is 18.2 Å². The van der Waals surface area contributed by atoms with Crippen LogP contribution in [0.25, 0.3) is 0 Å². The van der Waals surface area contributed by atoms with Crippen molar-refractivity contribution >= 4 is 41.9 Å². The number of hydrogen-bond donors (Lipinski definition) is 0. The summed E-state index contributed by atoms with van der Waals surface area (Å²) in [5.41, 5.74) is 0.988. The minimum atomic E-state index is -3.55. The molecular formula is C15H14Br2N2O2S. The van der Waals surface area contributed by atoms with E-state index in [1.165, 1.54) is 0 Å². The Morgan fingerprint density at radius 1 is 1.14 bits per heavy atom. The van der Waals surface area contributed by atoms with Crippen LogP contribution < -0.4 is 0 Å². The van der Waals surface area contributed by atoms with Crippen LogP contribution in [0.15, 0.2) is 56.6 Å². The summed E-state index contributed by atoms with van der Waals surface area (Å²) in [7, 11) is -3.55. The molecule has 3 rings (SSSR count). The van der Waals surface area contributed by atoms with E-state index in [1.54, 1.807) is 28.8 Å². The second-order valence-electron chi connectivity index (χ2n) is 5.13. The minimum Gasteiger partial charge on any atom is -0.265 e. The van der Waals surface area contributed by atoms with Gasteiger partial charge in [0.25, 0.3) is 0 Å². The standard InChI is InChI=1S/C15H14Br2N2O2S/c16-12-3-4-13(17)15(10-12)22(20,21)19-9-1-2-14(19)11-5-7-18-8-6-11/h3-8,10,14H,1-2,9H2. The number of benzene rings is 1. The number of pyridine rings is 1. The summed E-state index contributed by atoms with van der Waals surface area (Å²) in [6.45, 7) is 0.536. The topological polar surface area (TPSA) is 50.3 Å². The second kappa shape index (κ2) is 6.39. The van der Waals surface area contributed by atoms with Crippen molar-refractivity contribution in [1.29, 1.82) is 0 Å². The molecule has 1 unspecified atom stereocenters. The van der Waals surface area contributed by atoms with Gasteiger partial charge in [0.2, 0.25) is 10.0 Å². The molecule has 0 amide bonds. The molecule has 0 radical (unpaired) electrons. The highest BCUT2D eigenvalue weighted by Gasteiger charge is 2.37. The molecule has 2 heterocycles. The third kappa shape index (κ3) is 2.99. The van der Waals surface area contributed by atoms with E-state index < -0.39 is 10.0 Å². The SMILES string of the molecule is O=S(=O)(c1cc(Br)ccc1Br)N1CCCC1c1ccncc1. The van der Waals surface area contributed by atoms with Gasteiger partial charge in [-0.1, -0.05) is 15.9 Å². The molecule has 1 atom stereocenters. The lowest BCUT2D eigenvalue weighted by molar-refractivity contribution is 0.396. The molecule has 2 aromatic rings. The second-order valence-corrected chi connectivity index (χ2v) is 8.76. The lowest BCUT2D eigenvalue weighted by Crippen LogP contribution is -2.31. The molecule has 0 N–H and O–H groups in total. The maximum Gasteiger partial charge on any atom is 0.244 e. The molecule has 1 saturated heterocycles. The fourth-order valence-electron chi connectivity index (χ4n) is 2.75. The van der Waals surface area contributed by atoms with Crippen molar-refractivity contribution < 1.29 is 8.42 Å². The Labute approximate surface area is 146 Å². The van der Waals surface area contributed by atoms with Gasteiger partial charge in [-0.2, -0.15) is 4.31 Å². The first-order valence-electron chi connectivity index (χ1n) is 6.87. The average Bonchev–Trinajstić information content (AvgIpc) is 3.01. The molecule has 1 aliphatic rings. The molecule has 1 aliphatic heterocycles. The van der Waals surface area contributed by atoms with Crippen LogP contribution in [0.3, 0.4) is 0 Å². The molecule has 116 valence electrons. The van der Waals surface area contributed by atoms with Crippen molar-refractivity contribution in [1.82, 2.24) is 9.29 Å². The highest BCUT2D eigenvalue weighted by Crippen LogP contribution is 2.38. The van der Waals surface area contributed by atoms with Crippen LogP contribution >= 0.6 is 31.9 Å². The maximum atomic E-state index is 13.1. The van der Waals surface area contributed by atoms with Gasteiger partial charge in [0, 0.05) is 27.9 Å². The first-order valence-corrected chi connectivity index (χ1v) is 9.89. The number of sulfonamides is 1. The number of hydrogen-bond acceptors (Lipinski definition) is 3. The predicted octanol–water partition coefficient (Wildman–Crippen LogP) is 4.13. The van der Waals surface area contributed by atoms with Gasteiger partial charge < -0.3 is 0 Å². The number of aromatic nitrogens is 1. The van der Waals surface area contributed by atoms with Crippen LogP contribution in [0.5, 0.6) is 0 Å². The summed E-state index contributed by atoms with van der Waals surface area (Å²) in [6.07, 6.45) is 5.09. The number of halogens is 2. The zero-order valence-corrected chi connectivity index (χ0v) is 15.6. The summed E-state index contributed by atoms with van der Waals surface area (Å²) < 4.78 is 29.0. The molecule has 0 saturated carbocycles. The largest absolute Gasteiger partial charge is 0.265 e. The van der Waals surface area contributed by atoms with Gasteiger partial charge in [-0.3, -0.25) is 4.98 Å². The number of nitrogens with zero attached hydrogens (tertiary/aromatic N) is 2. The molecule has 1 aromatic heterocycles. The van der Waals surface area contributed by atoms with Gasteiger partial charge in [-0.15, -0.1) is 0 Å². The zero-order chi connectivity index (χ0) is 15.7. The van der Waals surface area contributed by atoms with E-state index in [9.17, 15) is 8.42 Å². The Morgan fingerprint density at radius 3 is 2.59 bits per heavy atom. The molecule has 0 aliphatic carbocycles. The van der Waals surface area contributed by atoms with Crippen LogP contribution in [0.4, 0.5) is 0 Å². The summed E-state index contributed by atoms with van der Waals surface area (Å²) in [5, 5.41) is 0. The van der Waals surface area contributed by atoms with Crippen molar-refractivity contribution in [3.63, 3.8) is 0 Å². The van der Waals surface area contributed by atoms with Crippen LogP contribution in [-0.2, 0) is 10.0 Å². The molecular weight excluding hydrogens is 432 g/mol. The van der Waals surface area contributed by atoms with E-state index in [2.05, 4.69) is 36.8 Å². The zero-order valence-electron chi connectivity index (χ0n) is 11.6. The molecule has 4 nitrogen and oxygen atoms in total. The van der Waals surface area contributed by atoms with E-state index in [0.717, 1.165) is 22.9 Å². The summed E-state index contributed by atoms with van der Waals surface area (Å²) in [5.74, 6) is 0. The van der Waals surface area contributed by atoms with E-state index in [0.29, 0.717) is 15.9 Å².